The van der Waals surface area contributed by atoms with Crippen molar-refractivity contribution >= 4 is 33.0 Å². The summed E-state index contributed by atoms with van der Waals surface area (Å²) < 4.78 is 38.9. The van der Waals surface area contributed by atoms with E-state index < -0.39 is 10.0 Å². The molecule has 0 radical (unpaired) electrons. The number of hydrogen-bond donors (Lipinski definition) is 1. The molecular formula is C22H22N2O5S2. The van der Waals surface area contributed by atoms with Gasteiger partial charge in [-0.05, 0) is 48.7 Å². The number of anilines is 1. The van der Waals surface area contributed by atoms with Gasteiger partial charge in [-0.3, -0.25) is 9.52 Å². The molecule has 3 aromatic rings. The quantitative estimate of drug-likeness (QED) is 0.579. The van der Waals surface area contributed by atoms with Gasteiger partial charge in [-0.2, -0.15) is 0 Å². The lowest BCUT2D eigenvalue weighted by atomic mass is 10.1. The lowest BCUT2D eigenvalue weighted by molar-refractivity contribution is 0.0749. The van der Waals surface area contributed by atoms with Gasteiger partial charge in [-0.1, -0.05) is 18.2 Å². The Balaban J connectivity index is 1.48. The lowest BCUT2D eigenvalue weighted by Gasteiger charge is -2.25. The van der Waals surface area contributed by atoms with Crippen molar-refractivity contribution in [3.05, 3.63) is 71.1 Å². The molecule has 2 aromatic carbocycles. The summed E-state index contributed by atoms with van der Waals surface area (Å²) in [5.74, 6) is 1.22. The summed E-state index contributed by atoms with van der Waals surface area (Å²) in [5, 5.41) is 1.71. The predicted molar refractivity (Wildman–Crippen MR) is 119 cm³/mol. The Morgan fingerprint density at radius 2 is 1.84 bits per heavy atom. The van der Waals surface area contributed by atoms with E-state index >= 15 is 0 Å². The molecule has 1 aliphatic heterocycles. The summed E-state index contributed by atoms with van der Waals surface area (Å²) in [6.45, 7) is 3.79. The molecule has 9 heteroatoms. The smallest absolute Gasteiger partial charge is 0.271 e. The molecule has 0 atom stereocenters. The zero-order chi connectivity index (χ0) is 21.8. The summed E-state index contributed by atoms with van der Waals surface area (Å²) in [4.78, 5) is 14.8. The van der Waals surface area contributed by atoms with Crippen molar-refractivity contribution in [2.75, 3.05) is 24.5 Å². The van der Waals surface area contributed by atoms with Gasteiger partial charge in [0.15, 0.2) is 11.5 Å². The fraction of sp³-hybridized carbons (Fsp3) is 0.227. The van der Waals surface area contributed by atoms with Gasteiger partial charge in [0.25, 0.3) is 15.9 Å². The molecule has 0 saturated heterocycles. The second kappa shape index (κ2) is 8.99. The number of benzene rings is 2. The maximum atomic E-state index is 13.0. The average Bonchev–Trinajstić information content (AvgIpc) is 3.33. The van der Waals surface area contributed by atoms with Crippen LogP contribution < -0.4 is 14.2 Å². The number of rotatable bonds is 7. The number of thiophene rings is 1. The minimum atomic E-state index is -3.63. The van der Waals surface area contributed by atoms with E-state index in [1.165, 1.54) is 0 Å². The van der Waals surface area contributed by atoms with Crippen LogP contribution in [0.1, 0.15) is 22.8 Å². The first kappa shape index (κ1) is 21.2. The van der Waals surface area contributed by atoms with E-state index in [2.05, 4.69) is 4.72 Å². The number of para-hydroxylation sites is 1. The van der Waals surface area contributed by atoms with E-state index in [4.69, 9.17) is 9.47 Å². The molecule has 1 amide bonds. The lowest BCUT2D eigenvalue weighted by Crippen LogP contribution is -2.31. The van der Waals surface area contributed by atoms with Crippen molar-refractivity contribution in [2.45, 2.75) is 17.7 Å². The number of nitrogens with one attached hydrogen (secondary N) is 1. The van der Waals surface area contributed by atoms with Crippen LogP contribution in [0.3, 0.4) is 0 Å². The first-order valence-corrected chi connectivity index (χ1v) is 12.2. The maximum Gasteiger partial charge on any atom is 0.271 e. The van der Waals surface area contributed by atoms with Gasteiger partial charge >= 0.3 is 0 Å². The molecule has 0 fully saturated rings. The molecule has 7 nitrogen and oxygen atoms in total. The molecule has 0 bridgehead atoms. The topological polar surface area (TPSA) is 84.9 Å². The predicted octanol–water partition coefficient (Wildman–Crippen LogP) is 3.98. The Morgan fingerprint density at radius 1 is 1.06 bits per heavy atom. The fourth-order valence-corrected chi connectivity index (χ4v) is 5.33. The normalized spacial score (nSPS) is 12.9. The molecule has 2 heterocycles. The maximum absolute atomic E-state index is 13.0. The van der Waals surface area contributed by atoms with Crippen LogP contribution in [0.15, 0.2) is 64.2 Å². The van der Waals surface area contributed by atoms with E-state index in [9.17, 15) is 13.2 Å². The average molecular weight is 459 g/mol. The largest absolute Gasteiger partial charge is 0.486 e. The SMILES string of the molecule is CCN(Cc1cccc2c1OCCO2)C(=O)c1ccc(NS(=O)(=O)c2cccs2)cc1. The third-order valence-corrected chi connectivity index (χ3v) is 7.60. The number of ether oxygens (including phenoxy) is 2. The van der Waals surface area contributed by atoms with Crippen LogP contribution in [0.25, 0.3) is 0 Å². The van der Waals surface area contributed by atoms with E-state index in [0.717, 1.165) is 16.9 Å². The number of nitrogens with zero attached hydrogens (tertiary/aromatic N) is 1. The Kier molecular flexibility index (Phi) is 6.15. The van der Waals surface area contributed by atoms with Crippen LogP contribution in [0.4, 0.5) is 5.69 Å². The molecule has 0 spiro atoms. The molecule has 31 heavy (non-hydrogen) atoms. The summed E-state index contributed by atoms with van der Waals surface area (Å²) in [7, 11) is -3.63. The van der Waals surface area contributed by atoms with Gasteiger partial charge < -0.3 is 14.4 Å². The Morgan fingerprint density at radius 3 is 2.55 bits per heavy atom. The highest BCUT2D eigenvalue weighted by atomic mass is 32.2. The third-order valence-electron chi connectivity index (χ3n) is 4.82. The van der Waals surface area contributed by atoms with Crippen LogP contribution in [-0.2, 0) is 16.6 Å². The minimum absolute atomic E-state index is 0.149. The highest BCUT2D eigenvalue weighted by Crippen LogP contribution is 2.34. The number of sulfonamides is 1. The Bertz CT molecular complexity index is 1160. The fourth-order valence-electron chi connectivity index (χ4n) is 3.28. The van der Waals surface area contributed by atoms with Gasteiger partial charge in [0.2, 0.25) is 0 Å². The number of carbonyl (C=O) groups is 1. The number of carbonyl (C=O) groups excluding carboxylic acids is 1. The second-order valence-electron chi connectivity index (χ2n) is 6.88. The van der Waals surface area contributed by atoms with Crippen LogP contribution in [0, 0.1) is 0 Å². The zero-order valence-corrected chi connectivity index (χ0v) is 18.5. The third kappa shape index (κ3) is 4.67. The zero-order valence-electron chi connectivity index (χ0n) is 16.9. The summed E-state index contributed by atoms with van der Waals surface area (Å²) in [6.07, 6.45) is 0. The molecule has 0 aliphatic carbocycles. The molecule has 0 saturated carbocycles. The molecular weight excluding hydrogens is 436 g/mol. The van der Waals surface area contributed by atoms with Crippen LogP contribution in [0.2, 0.25) is 0 Å². The number of hydrogen-bond acceptors (Lipinski definition) is 6. The molecule has 0 unspecified atom stereocenters. The molecule has 162 valence electrons. The first-order valence-electron chi connectivity index (χ1n) is 9.81. The Labute approximate surface area is 185 Å². The molecule has 1 aromatic heterocycles. The van der Waals surface area contributed by atoms with Gasteiger partial charge in [-0.25, -0.2) is 8.42 Å². The summed E-state index contributed by atoms with van der Waals surface area (Å²) >= 11 is 1.14. The first-order chi connectivity index (χ1) is 15.0. The summed E-state index contributed by atoms with van der Waals surface area (Å²) in [5.41, 5.74) is 1.76. The van der Waals surface area contributed by atoms with Crippen LogP contribution in [0.5, 0.6) is 11.5 Å². The summed E-state index contributed by atoms with van der Waals surface area (Å²) in [6, 6.07) is 15.3. The van der Waals surface area contributed by atoms with Crippen molar-refractivity contribution in [3.8, 4) is 11.5 Å². The highest BCUT2D eigenvalue weighted by Gasteiger charge is 2.21. The van der Waals surface area contributed by atoms with Gasteiger partial charge in [-0.15, -0.1) is 11.3 Å². The molecule has 1 aliphatic rings. The second-order valence-corrected chi connectivity index (χ2v) is 9.73. The van der Waals surface area contributed by atoms with Crippen molar-refractivity contribution in [2.24, 2.45) is 0 Å². The van der Waals surface area contributed by atoms with Crippen molar-refractivity contribution in [1.29, 1.82) is 0 Å². The highest BCUT2D eigenvalue weighted by molar-refractivity contribution is 7.94. The van der Waals surface area contributed by atoms with Gasteiger partial charge in [0, 0.05) is 29.9 Å². The van der Waals surface area contributed by atoms with E-state index in [1.807, 2.05) is 25.1 Å². The number of fused-ring (bicyclic) bond motifs is 1. The molecule has 4 rings (SSSR count). The van der Waals surface area contributed by atoms with Crippen molar-refractivity contribution in [3.63, 3.8) is 0 Å². The Hall–Kier alpha value is -3.04. The van der Waals surface area contributed by atoms with Crippen LogP contribution in [-0.4, -0.2) is 39.0 Å². The molecule has 1 N–H and O–H groups in total. The van der Waals surface area contributed by atoms with Gasteiger partial charge in [0.1, 0.15) is 17.4 Å². The monoisotopic (exact) mass is 458 g/mol. The van der Waals surface area contributed by atoms with Crippen molar-refractivity contribution < 1.29 is 22.7 Å². The van der Waals surface area contributed by atoms with Crippen molar-refractivity contribution in [1.82, 2.24) is 4.90 Å². The standard InChI is InChI=1S/C22H22N2O5S2/c1-2-24(15-17-5-3-6-19-21(17)29-13-12-28-19)22(25)16-8-10-18(11-9-16)23-31(26,27)20-7-4-14-30-20/h3-11,14,23H,2,12-13,15H2,1H3. The van der Waals surface area contributed by atoms with Crippen LogP contribution >= 0.6 is 11.3 Å². The van der Waals surface area contributed by atoms with E-state index in [-0.39, 0.29) is 10.1 Å². The van der Waals surface area contributed by atoms with E-state index in [0.29, 0.717) is 49.1 Å². The minimum Gasteiger partial charge on any atom is -0.486 e. The van der Waals surface area contributed by atoms with E-state index in [1.54, 1.807) is 46.7 Å². The van der Waals surface area contributed by atoms with Gasteiger partial charge in [0.05, 0.1) is 0 Å². The number of amides is 1.